The molecule has 0 fully saturated rings. The van der Waals surface area contributed by atoms with Crippen LogP contribution >= 0.6 is 0 Å². The third kappa shape index (κ3) is 3.53. The maximum absolute atomic E-state index is 12.7. The zero-order chi connectivity index (χ0) is 18.9. The minimum Gasteiger partial charge on any atom is -0.476 e. The Morgan fingerprint density at radius 1 is 1.23 bits per heavy atom. The molecule has 7 heteroatoms. The largest absolute Gasteiger partial charge is 0.476 e. The first-order valence-corrected chi connectivity index (χ1v) is 10.1. The Morgan fingerprint density at radius 2 is 1.96 bits per heavy atom. The number of hydrogen-bond donors (Lipinski definition) is 1. The second-order valence-electron chi connectivity index (χ2n) is 6.31. The minimum absolute atomic E-state index is 0.0489. The number of aryl methyl sites for hydroxylation is 2. The normalized spacial score (nSPS) is 16.6. The Morgan fingerprint density at radius 3 is 2.69 bits per heavy atom. The summed E-state index contributed by atoms with van der Waals surface area (Å²) < 4.78 is 32.0. The lowest BCUT2D eigenvalue weighted by Gasteiger charge is -2.34. The molecule has 26 heavy (non-hydrogen) atoms. The molecular weight excluding hydrogens is 352 g/mol. The molecule has 0 saturated heterocycles. The molecule has 138 valence electrons. The first kappa shape index (κ1) is 18.3. The molecule has 0 aromatic heterocycles. The van der Waals surface area contributed by atoms with Gasteiger partial charge in [0.2, 0.25) is 10.0 Å². The molecular formula is C19H22N2O4S. The Labute approximate surface area is 153 Å². The van der Waals surface area contributed by atoms with Gasteiger partial charge in [0.15, 0.2) is 6.10 Å². The fourth-order valence-electron chi connectivity index (χ4n) is 2.84. The average molecular weight is 374 g/mol. The molecule has 1 aliphatic rings. The number of carbonyl (C=O) groups excluding carboxylic acids is 1. The third-order valence-electron chi connectivity index (χ3n) is 4.38. The molecule has 0 spiro atoms. The van der Waals surface area contributed by atoms with Crippen LogP contribution in [0, 0.1) is 13.8 Å². The van der Waals surface area contributed by atoms with E-state index in [4.69, 9.17) is 4.74 Å². The number of para-hydroxylation sites is 2. The molecule has 0 unspecified atom stereocenters. The van der Waals surface area contributed by atoms with Gasteiger partial charge in [-0.05, 0) is 50.1 Å². The summed E-state index contributed by atoms with van der Waals surface area (Å²) in [5.74, 6) is -0.0338. The van der Waals surface area contributed by atoms with Crippen molar-refractivity contribution in [2.75, 3.05) is 21.9 Å². The number of fused-ring (bicyclic) bond motifs is 1. The average Bonchev–Trinajstić information content (AvgIpc) is 2.63. The van der Waals surface area contributed by atoms with Crippen LogP contribution in [0.2, 0.25) is 0 Å². The van der Waals surface area contributed by atoms with Crippen molar-refractivity contribution < 1.29 is 17.9 Å². The number of nitrogens with zero attached hydrogens (tertiary/aromatic N) is 1. The topological polar surface area (TPSA) is 75.7 Å². The lowest BCUT2D eigenvalue weighted by Crippen LogP contribution is -2.49. The molecule has 0 radical (unpaired) electrons. The van der Waals surface area contributed by atoms with E-state index in [0.717, 1.165) is 11.1 Å². The molecule has 1 aliphatic heterocycles. The first-order chi connectivity index (χ1) is 12.3. The van der Waals surface area contributed by atoms with Crippen LogP contribution in [0.4, 0.5) is 11.4 Å². The molecule has 0 aliphatic carbocycles. The standard InChI is InChI=1S/C19H22N2O4S/c1-4-26(23,24)21-12-18(25-17-8-6-5-7-16(17)21)19(22)20-15-11-13(2)9-10-14(15)3/h5-11,18H,4,12H2,1-3H3,(H,20,22)/t18-/m1/s1. The number of amides is 1. The minimum atomic E-state index is -3.52. The molecule has 1 amide bonds. The molecule has 6 nitrogen and oxygen atoms in total. The van der Waals surface area contributed by atoms with Gasteiger partial charge in [0.25, 0.3) is 5.91 Å². The Balaban J connectivity index is 1.90. The Bertz CT molecular complexity index is 940. The maximum Gasteiger partial charge on any atom is 0.267 e. The smallest absolute Gasteiger partial charge is 0.267 e. The molecule has 0 saturated carbocycles. The van der Waals surface area contributed by atoms with Gasteiger partial charge in [0.1, 0.15) is 5.75 Å². The Hall–Kier alpha value is -2.54. The van der Waals surface area contributed by atoms with Crippen molar-refractivity contribution >= 4 is 27.3 Å². The van der Waals surface area contributed by atoms with Crippen molar-refractivity contribution in [2.24, 2.45) is 0 Å². The number of sulfonamides is 1. The van der Waals surface area contributed by atoms with E-state index in [-0.39, 0.29) is 18.2 Å². The van der Waals surface area contributed by atoms with E-state index in [2.05, 4.69) is 5.32 Å². The van der Waals surface area contributed by atoms with Crippen molar-refractivity contribution in [3.05, 3.63) is 53.6 Å². The molecule has 0 bridgehead atoms. The summed E-state index contributed by atoms with van der Waals surface area (Å²) in [6.07, 6.45) is -0.925. The van der Waals surface area contributed by atoms with Crippen LogP contribution in [0.3, 0.4) is 0 Å². The van der Waals surface area contributed by atoms with Crippen LogP contribution in [-0.4, -0.2) is 32.7 Å². The third-order valence-corrected chi connectivity index (χ3v) is 6.13. The molecule has 1 N–H and O–H groups in total. The van der Waals surface area contributed by atoms with Gasteiger partial charge in [-0.3, -0.25) is 9.10 Å². The van der Waals surface area contributed by atoms with Crippen LogP contribution in [0.25, 0.3) is 0 Å². The number of anilines is 2. The van der Waals surface area contributed by atoms with Gasteiger partial charge in [-0.15, -0.1) is 0 Å². The van der Waals surface area contributed by atoms with E-state index in [1.807, 2.05) is 32.0 Å². The van der Waals surface area contributed by atoms with Crippen LogP contribution in [0.5, 0.6) is 5.75 Å². The summed E-state index contributed by atoms with van der Waals surface area (Å²) in [7, 11) is -3.52. The first-order valence-electron chi connectivity index (χ1n) is 8.46. The number of carbonyl (C=O) groups is 1. The van der Waals surface area contributed by atoms with E-state index in [1.165, 1.54) is 4.31 Å². The zero-order valence-corrected chi connectivity index (χ0v) is 15.8. The number of ether oxygens (including phenoxy) is 1. The van der Waals surface area contributed by atoms with Gasteiger partial charge in [-0.2, -0.15) is 0 Å². The highest BCUT2D eigenvalue weighted by atomic mass is 32.2. The highest BCUT2D eigenvalue weighted by Crippen LogP contribution is 2.35. The Kier molecular flexibility index (Phi) is 4.91. The monoisotopic (exact) mass is 374 g/mol. The van der Waals surface area contributed by atoms with Gasteiger partial charge >= 0.3 is 0 Å². The molecule has 1 atom stereocenters. The van der Waals surface area contributed by atoms with Crippen LogP contribution < -0.4 is 14.4 Å². The number of nitrogens with one attached hydrogen (secondary N) is 1. The summed E-state index contributed by atoms with van der Waals surface area (Å²) >= 11 is 0. The summed E-state index contributed by atoms with van der Waals surface area (Å²) in [5, 5.41) is 2.86. The lowest BCUT2D eigenvalue weighted by molar-refractivity contribution is -0.122. The number of benzene rings is 2. The summed E-state index contributed by atoms with van der Waals surface area (Å²) in [5.41, 5.74) is 3.11. The van der Waals surface area contributed by atoms with Gasteiger partial charge in [0, 0.05) is 5.69 Å². The maximum atomic E-state index is 12.7. The van der Waals surface area contributed by atoms with Crippen molar-refractivity contribution in [2.45, 2.75) is 26.9 Å². The quantitative estimate of drug-likeness (QED) is 0.893. The van der Waals surface area contributed by atoms with Crippen molar-refractivity contribution in [1.82, 2.24) is 0 Å². The van der Waals surface area contributed by atoms with Gasteiger partial charge in [-0.25, -0.2) is 8.42 Å². The molecule has 2 aromatic rings. The fraction of sp³-hybridized carbons (Fsp3) is 0.316. The second kappa shape index (κ2) is 6.99. The second-order valence-corrected chi connectivity index (χ2v) is 8.50. The van der Waals surface area contributed by atoms with Crippen LogP contribution in [0.1, 0.15) is 18.1 Å². The molecule has 2 aromatic carbocycles. The van der Waals surface area contributed by atoms with E-state index >= 15 is 0 Å². The highest BCUT2D eigenvalue weighted by molar-refractivity contribution is 7.92. The van der Waals surface area contributed by atoms with E-state index in [1.54, 1.807) is 31.2 Å². The molecule has 1 heterocycles. The van der Waals surface area contributed by atoms with Crippen molar-refractivity contribution in [3.8, 4) is 5.75 Å². The van der Waals surface area contributed by atoms with Crippen LogP contribution in [-0.2, 0) is 14.8 Å². The summed E-state index contributed by atoms with van der Waals surface area (Å²) in [6.45, 7) is 5.38. The van der Waals surface area contributed by atoms with Gasteiger partial charge < -0.3 is 10.1 Å². The summed E-state index contributed by atoms with van der Waals surface area (Å²) in [6, 6.07) is 12.6. The number of rotatable bonds is 4. The van der Waals surface area contributed by atoms with Crippen LogP contribution in [0.15, 0.2) is 42.5 Å². The van der Waals surface area contributed by atoms with Crippen molar-refractivity contribution in [1.29, 1.82) is 0 Å². The fourth-order valence-corrected chi connectivity index (χ4v) is 3.97. The van der Waals surface area contributed by atoms with E-state index < -0.39 is 16.1 Å². The van der Waals surface area contributed by atoms with E-state index in [0.29, 0.717) is 17.1 Å². The highest BCUT2D eigenvalue weighted by Gasteiger charge is 2.36. The molecule has 3 rings (SSSR count). The van der Waals surface area contributed by atoms with E-state index in [9.17, 15) is 13.2 Å². The zero-order valence-electron chi connectivity index (χ0n) is 15.0. The van der Waals surface area contributed by atoms with Gasteiger partial charge in [0.05, 0.1) is 18.0 Å². The van der Waals surface area contributed by atoms with Crippen molar-refractivity contribution in [3.63, 3.8) is 0 Å². The summed E-state index contributed by atoms with van der Waals surface area (Å²) in [4.78, 5) is 12.7. The predicted molar refractivity (Wildman–Crippen MR) is 102 cm³/mol. The van der Waals surface area contributed by atoms with Gasteiger partial charge in [-0.1, -0.05) is 24.3 Å². The number of hydrogen-bond acceptors (Lipinski definition) is 4. The SMILES string of the molecule is CCS(=O)(=O)N1C[C@H](C(=O)Nc2cc(C)ccc2C)Oc2ccccc21. The lowest BCUT2D eigenvalue weighted by atomic mass is 10.1. The predicted octanol–water partition coefficient (Wildman–Crippen LogP) is 2.86.